The quantitative estimate of drug-likeness (QED) is 0.686. The molecule has 5 heteroatoms. The van der Waals surface area contributed by atoms with E-state index < -0.39 is 17.9 Å². The first-order valence-electron chi connectivity index (χ1n) is 3.28. The van der Waals surface area contributed by atoms with Crippen LogP contribution in [0.5, 0.6) is 0 Å². The lowest BCUT2D eigenvalue weighted by molar-refractivity contribution is 0.0323. The van der Waals surface area contributed by atoms with Gasteiger partial charge in [-0.25, -0.2) is 8.78 Å². The highest BCUT2D eigenvalue weighted by Crippen LogP contribution is 2.52. The van der Waals surface area contributed by atoms with Crippen LogP contribution in [-0.4, -0.2) is 24.2 Å². The average molecular weight is 188 g/mol. The number of hydrogen-bond donors (Lipinski definition) is 2. The molecule has 1 rings (SSSR count). The van der Waals surface area contributed by atoms with Gasteiger partial charge in [-0.3, -0.25) is 0 Å². The molecule has 0 aromatic carbocycles. The van der Waals surface area contributed by atoms with Gasteiger partial charge in [-0.05, 0) is 12.8 Å². The standard InChI is InChI=1S/C6H11F2NO.ClH/c7-5(8)6(1-2-6)4(9)3-10;/h4-5,10H,1-3,9H2;1H. The van der Waals surface area contributed by atoms with Crippen LogP contribution in [-0.2, 0) is 0 Å². The molecule has 2 nitrogen and oxygen atoms in total. The van der Waals surface area contributed by atoms with Crippen LogP contribution < -0.4 is 5.73 Å². The second-order valence-electron chi connectivity index (χ2n) is 2.82. The maximum Gasteiger partial charge on any atom is 0.245 e. The van der Waals surface area contributed by atoms with Gasteiger partial charge in [-0.15, -0.1) is 12.4 Å². The summed E-state index contributed by atoms with van der Waals surface area (Å²) >= 11 is 0. The Bertz CT molecular complexity index is 130. The van der Waals surface area contributed by atoms with E-state index in [9.17, 15) is 8.78 Å². The summed E-state index contributed by atoms with van der Waals surface area (Å²) in [7, 11) is 0. The fraction of sp³-hybridized carbons (Fsp3) is 1.00. The Kier molecular flexibility index (Phi) is 3.67. The molecule has 0 aliphatic heterocycles. The zero-order valence-electron chi connectivity index (χ0n) is 5.96. The fourth-order valence-corrected chi connectivity index (χ4v) is 1.08. The highest BCUT2D eigenvalue weighted by molar-refractivity contribution is 5.85. The third-order valence-electron chi connectivity index (χ3n) is 2.20. The zero-order valence-corrected chi connectivity index (χ0v) is 6.78. The van der Waals surface area contributed by atoms with Crippen molar-refractivity contribution >= 4 is 12.4 Å². The second kappa shape index (κ2) is 3.65. The van der Waals surface area contributed by atoms with Crippen molar-refractivity contribution in [2.24, 2.45) is 11.1 Å². The molecule has 0 spiro atoms. The van der Waals surface area contributed by atoms with Crippen LogP contribution in [0.2, 0.25) is 0 Å². The van der Waals surface area contributed by atoms with Gasteiger partial charge < -0.3 is 10.8 Å². The van der Waals surface area contributed by atoms with Crippen LogP contribution in [0.4, 0.5) is 8.78 Å². The Labute approximate surface area is 70.2 Å². The number of aliphatic hydroxyl groups excluding tert-OH is 1. The summed E-state index contributed by atoms with van der Waals surface area (Å²) in [5.41, 5.74) is 4.24. The van der Waals surface area contributed by atoms with E-state index in [2.05, 4.69) is 0 Å². The number of aliphatic hydroxyl groups is 1. The van der Waals surface area contributed by atoms with Gasteiger partial charge >= 0.3 is 0 Å². The molecule has 1 atom stereocenters. The van der Waals surface area contributed by atoms with Crippen molar-refractivity contribution in [1.82, 2.24) is 0 Å². The minimum atomic E-state index is -2.38. The van der Waals surface area contributed by atoms with E-state index in [-0.39, 0.29) is 19.0 Å². The molecule has 1 aliphatic rings. The first kappa shape index (κ1) is 11.1. The van der Waals surface area contributed by atoms with E-state index in [4.69, 9.17) is 10.8 Å². The second-order valence-corrected chi connectivity index (χ2v) is 2.82. The maximum absolute atomic E-state index is 12.1. The number of alkyl halides is 2. The molecule has 0 saturated heterocycles. The average Bonchev–Trinajstić information content (AvgIpc) is 2.65. The van der Waals surface area contributed by atoms with Crippen molar-refractivity contribution in [3.8, 4) is 0 Å². The molecular formula is C6H12ClF2NO. The van der Waals surface area contributed by atoms with E-state index in [1.54, 1.807) is 0 Å². The smallest absolute Gasteiger partial charge is 0.245 e. The van der Waals surface area contributed by atoms with Crippen molar-refractivity contribution in [1.29, 1.82) is 0 Å². The third kappa shape index (κ3) is 1.80. The molecule has 0 radical (unpaired) electrons. The van der Waals surface area contributed by atoms with E-state index in [1.165, 1.54) is 0 Å². The Balaban J connectivity index is 0.000001000. The summed E-state index contributed by atoms with van der Waals surface area (Å²) in [6, 6.07) is -0.743. The topological polar surface area (TPSA) is 46.2 Å². The van der Waals surface area contributed by atoms with E-state index in [0.717, 1.165) is 0 Å². The van der Waals surface area contributed by atoms with Crippen LogP contribution in [0.15, 0.2) is 0 Å². The van der Waals surface area contributed by atoms with E-state index in [0.29, 0.717) is 12.8 Å². The van der Waals surface area contributed by atoms with Crippen LogP contribution in [0.3, 0.4) is 0 Å². The van der Waals surface area contributed by atoms with Crippen molar-refractivity contribution in [3.63, 3.8) is 0 Å². The molecule has 0 bridgehead atoms. The van der Waals surface area contributed by atoms with E-state index in [1.807, 2.05) is 0 Å². The highest BCUT2D eigenvalue weighted by Gasteiger charge is 2.55. The van der Waals surface area contributed by atoms with Crippen LogP contribution in [0.1, 0.15) is 12.8 Å². The SMILES string of the molecule is Cl.NC(CO)C1(C(F)F)CC1. The summed E-state index contributed by atoms with van der Waals surface area (Å²) in [6.07, 6.45) is -1.48. The predicted octanol–water partition coefficient (Wildman–Crippen LogP) is 0.773. The molecule has 0 amide bonds. The molecule has 0 aromatic rings. The molecular weight excluding hydrogens is 176 g/mol. The Morgan fingerprint density at radius 1 is 1.45 bits per heavy atom. The van der Waals surface area contributed by atoms with E-state index >= 15 is 0 Å². The molecule has 11 heavy (non-hydrogen) atoms. The molecule has 1 aliphatic carbocycles. The van der Waals surface area contributed by atoms with Gasteiger partial charge in [0, 0.05) is 11.5 Å². The Morgan fingerprint density at radius 3 is 2.00 bits per heavy atom. The minimum absolute atomic E-state index is 0. The van der Waals surface area contributed by atoms with Crippen LogP contribution >= 0.6 is 12.4 Å². The van der Waals surface area contributed by atoms with Gasteiger partial charge in [0.05, 0.1) is 6.61 Å². The summed E-state index contributed by atoms with van der Waals surface area (Å²) in [5.74, 6) is 0. The van der Waals surface area contributed by atoms with Gasteiger partial charge in [0.1, 0.15) is 0 Å². The van der Waals surface area contributed by atoms with Gasteiger partial charge in [0.25, 0.3) is 0 Å². The molecule has 0 heterocycles. The first-order valence-corrected chi connectivity index (χ1v) is 3.28. The summed E-state index contributed by atoms with van der Waals surface area (Å²) < 4.78 is 24.2. The number of halogens is 3. The minimum Gasteiger partial charge on any atom is -0.395 e. The highest BCUT2D eigenvalue weighted by atomic mass is 35.5. The third-order valence-corrected chi connectivity index (χ3v) is 2.20. The van der Waals surface area contributed by atoms with Gasteiger partial charge in [0.15, 0.2) is 0 Å². The van der Waals surface area contributed by atoms with Crippen molar-refractivity contribution in [2.75, 3.05) is 6.61 Å². The van der Waals surface area contributed by atoms with Crippen molar-refractivity contribution < 1.29 is 13.9 Å². The molecule has 1 unspecified atom stereocenters. The van der Waals surface area contributed by atoms with Gasteiger partial charge in [-0.1, -0.05) is 0 Å². The molecule has 1 fully saturated rings. The largest absolute Gasteiger partial charge is 0.395 e. The summed E-state index contributed by atoms with van der Waals surface area (Å²) in [4.78, 5) is 0. The normalized spacial score (nSPS) is 22.6. The molecule has 0 aromatic heterocycles. The fourth-order valence-electron chi connectivity index (χ4n) is 1.08. The molecule has 68 valence electrons. The molecule has 1 saturated carbocycles. The predicted molar refractivity (Wildman–Crippen MR) is 40.0 cm³/mol. The Hall–Kier alpha value is 0.0700. The molecule has 3 N–H and O–H groups in total. The number of hydrogen-bond acceptors (Lipinski definition) is 2. The number of nitrogens with two attached hydrogens (primary N) is 1. The lowest BCUT2D eigenvalue weighted by Crippen LogP contribution is -2.39. The number of rotatable bonds is 3. The van der Waals surface area contributed by atoms with Crippen LogP contribution in [0.25, 0.3) is 0 Å². The van der Waals surface area contributed by atoms with Gasteiger partial charge in [-0.2, -0.15) is 0 Å². The zero-order chi connectivity index (χ0) is 7.78. The lowest BCUT2D eigenvalue weighted by atomic mass is 9.99. The van der Waals surface area contributed by atoms with Crippen LogP contribution in [0, 0.1) is 5.41 Å². The summed E-state index contributed by atoms with van der Waals surface area (Å²) in [5, 5.41) is 8.50. The monoisotopic (exact) mass is 187 g/mol. The van der Waals surface area contributed by atoms with Crippen molar-refractivity contribution in [2.45, 2.75) is 25.3 Å². The van der Waals surface area contributed by atoms with Gasteiger partial charge in [0.2, 0.25) is 6.43 Å². The Morgan fingerprint density at radius 2 is 1.91 bits per heavy atom. The first-order chi connectivity index (χ1) is 4.63. The van der Waals surface area contributed by atoms with Crippen molar-refractivity contribution in [3.05, 3.63) is 0 Å². The summed E-state index contributed by atoms with van der Waals surface area (Å²) in [6.45, 7) is -0.343. The maximum atomic E-state index is 12.1. The lowest BCUT2D eigenvalue weighted by Gasteiger charge is -2.19.